The van der Waals surface area contributed by atoms with Gasteiger partial charge in [0.2, 0.25) is 10.2 Å². The zero-order valence-electron chi connectivity index (χ0n) is 16.1. The van der Waals surface area contributed by atoms with Crippen LogP contribution in [0, 0.1) is 0 Å². The number of carbonyl (C=O) groups excluding carboxylic acids is 2. The van der Waals surface area contributed by atoms with E-state index in [1.54, 1.807) is 0 Å². The molecule has 10 heteroatoms. The first-order valence-corrected chi connectivity index (χ1v) is 16.6. The zero-order chi connectivity index (χ0) is 21.1. The summed E-state index contributed by atoms with van der Waals surface area (Å²) in [5.41, 5.74) is 0. The normalized spacial score (nSPS) is 22.1. The van der Waals surface area contributed by atoms with Crippen molar-refractivity contribution < 1.29 is 9.59 Å². The van der Waals surface area contributed by atoms with Crippen LogP contribution in [0.1, 0.15) is 6.92 Å². The van der Waals surface area contributed by atoms with Crippen LogP contribution in [0.15, 0.2) is 45.9 Å². The van der Waals surface area contributed by atoms with Gasteiger partial charge in [-0.25, -0.2) is 0 Å². The molecular formula is C19H24O2S8. The van der Waals surface area contributed by atoms with Crippen molar-refractivity contribution in [2.24, 2.45) is 0 Å². The second kappa shape index (κ2) is 15.0. The average molecular weight is 541 g/mol. The monoisotopic (exact) mass is 540 g/mol. The molecule has 3 unspecified atom stereocenters. The minimum Gasteiger partial charge on any atom is -0.282 e. The Morgan fingerprint density at radius 3 is 2.03 bits per heavy atom. The van der Waals surface area contributed by atoms with Crippen molar-refractivity contribution in [3.8, 4) is 0 Å². The standard InChI is InChI=1S/C19H24O2S8/c1-4-16(20)24-7-14-9-26-18(28-14)11-22-6-13(3)23-12-19-27-10-15(29-19)8-25-17(21)5-2/h4-5,9-10,13,18-19H,1-2,6-8,11-12H2,3H3. The highest BCUT2D eigenvalue weighted by Gasteiger charge is 2.22. The summed E-state index contributed by atoms with van der Waals surface area (Å²) >= 11 is 14.3. The van der Waals surface area contributed by atoms with Gasteiger partial charge in [-0.15, -0.1) is 47.0 Å². The van der Waals surface area contributed by atoms with E-state index in [1.165, 1.54) is 45.5 Å². The van der Waals surface area contributed by atoms with Crippen molar-refractivity contribution in [1.29, 1.82) is 0 Å². The Bertz CT molecular complexity index is 661. The van der Waals surface area contributed by atoms with Gasteiger partial charge in [0.05, 0.1) is 9.16 Å². The Hall–Kier alpha value is 1.10. The quantitative estimate of drug-likeness (QED) is 0.227. The van der Waals surface area contributed by atoms with Gasteiger partial charge in [-0.05, 0) is 23.0 Å². The van der Waals surface area contributed by atoms with Gasteiger partial charge in [-0.1, -0.05) is 43.6 Å². The van der Waals surface area contributed by atoms with E-state index in [-0.39, 0.29) is 10.2 Å². The van der Waals surface area contributed by atoms with E-state index in [2.05, 4.69) is 30.9 Å². The lowest BCUT2D eigenvalue weighted by Crippen LogP contribution is -2.08. The molecule has 0 spiro atoms. The molecule has 0 radical (unpaired) electrons. The first-order chi connectivity index (χ1) is 14.0. The van der Waals surface area contributed by atoms with Crippen molar-refractivity contribution in [1.82, 2.24) is 0 Å². The lowest BCUT2D eigenvalue weighted by Gasteiger charge is -2.15. The van der Waals surface area contributed by atoms with E-state index in [1.807, 2.05) is 70.6 Å². The molecular weight excluding hydrogens is 517 g/mol. The SMILES string of the molecule is C=CC(=O)SCC1=CSC(CSCC(C)SCC2SC=C(CSC(=O)C=C)S2)S1. The molecule has 0 N–H and O–H groups in total. The van der Waals surface area contributed by atoms with E-state index in [0.29, 0.717) is 14.4 Å². The number of hydrogen-bond acceptors (Lipinski definition) is 10. The Kier molecular flexibility index (Phi) is 13.7. The van der Waals surface area contributed by atoms with Crippen LogP contribution in [-0.4, -0.2) is 53.4 Å². The molecule has 2 rings (SSSR count). The van der Waals surface area contributed by atoms with Gasteiger partial charge < -0.3 is 0 Å². The topological polar surface area (TPSA) is 34.1 Å². The van der Waals surface area contributed by atoms with E-state index < -0.39 is 0 Å². The Morgan fingerprint density at radius 2 is 1.52 bits per heavy atom. The largest absolute Gasteiger partial charge is 0.282 e. The third-order valence-electron chi connectivity index (χ3n) is 3.44. The van der Waals surface area contributed by atoms with Crippen molar-refractivity contribution in [3.05, 3.63) is 45.9 Å². The third-order valence-corrected chi connectivity index (χ3v) is 14.6. The average Bonchev–Trinajstić information content (AvgIpc) is 3.38. The molecule has 2 nitrogen and oxygen atoms in total. The highest BCUT2D eigenvalue weighted by Crippen LogP contribution is 2.44. The predicted octanol–water partition coefficient (Wildman–Crippen LogP) is 7.03. The first kappa shape index (κ1) is 26.4. The fourth-order valence-electron chi connectivity index (χ4n) is 2.06. The smallest absolute Gasteiger partial charge is 0.211 e. The molecule has 3 atom stereocenters. The summed E-state index contributed by atoms with van der Waals surface area (Å²) in [5, 5.41) is 5.14. The molecule has 0 saturated heterocycles. The molecule has 29 heavy (non-hydrogen) atoms. The highest BCUT2D eigenvalue weighted by molar-refractivity contribution is 8.25. The van der Waals surface area contributed by atoms with Gasteiger partial charge in [-0.2, -0.15) is 23.5 Å². The van der Waals surface area contributed by atoms with E-state index >= 15 is 0 Å². The molecule has 0 aromatic rings. The summed E-state index contributed by atoms with van der Waals surface area (Å²) in [4.78, 5) is 25.2. The highest BCUT2D eigenvalue weighted by atomic mass is 32.2. The van der Waals surface area contributed by atoms with Gasteiger partial charge in [0, 0.05) is 43.8 Å². The van der Waals surface area contributed by atoms with Crippen LogP contribution in [0.3, 0.4) is 0 Å². The van der Waals surface area contributed by atoms with Crippen LogP contribution >= 0.6 is 94.1 Å². The molecule has 0 saturated carbocycles. The molecule has 0 aromatic heterocycles. The maximum absolute atomic E-state index is 11.3. The lowest BCUT2D eigenvalue weighted by molar-refractivity contribution is -0.107. The fourth-order valence-corrected chi connectivity index (χ4v) is 11.9. The Morgan fingerprint density at radius 1 is 1.00 bits per heavy atom. The van der Waals surface area contributed by atoms with Crippen LogP contribution in [0.4, 0.5) is 0 Å². The molecule has 2 aliphatic rings. The minimum absolute atomic E-state index is 0.0462. The first-order valence-electron chi connectivity index (χ1n) is 8.80. The number of carbonyl (C=O) groups is 2. The summed E-state index contributed by atoms with van der Waals surface area (Å²) in [6.45, 7) is 9.33. The van der Waals surface area contributed by atoms with Gasteiger partial charge >= 0.3 is 0 Å². The molecule has 0 amide bonds. The number of rotatable bonds is 13. The van der Waals surface area contributed by atoms with Gasteiger partial charge in [0.25, 0.3) is 0 Å². The van der Waals surface area contributed by atoms with Gasteiger partial charge in [0.1, 0.15) is 0 Å². The van der Waals surface area contributed by atoms with Crippen LogP contribution in [-0.2, 0) is 9.59 Å². The molecule has 160 valence electrons. The summed E-state index contributed by atoms with van der Waals surface area (Å²) in [6, 6.07) is 0. The molecule has 0 fully saturated rings. The van der Waals surface area contributed by atoms with Crippen molar-refractivity contribution in [2.75, 3.05) is 28.8 Å². The number of thioether (sulfide) groups is 8. The number of hydrogen-bond donors (Lipinski definition) is 0. The molecule has 0 aromatic carbocycles. The predicted molar refractivity (Wildman–Crippen MR) is 149 cm³/mol. The van der Waals surface area contributed by atoms with Crippen molar-refractivity contribution in [2.45, 2.75) is 21.3 Å². The fraction of sp³-hybridized carbons (Fsp3) is 0.474. The van der Waals surface area contributed by atoms with Crippen LogP contribution in [0.5, 0.6) is 0 Å². The summed E-state index contributed by atoms with van der Waals surface area (Å²) in [7, 11) is 0. The molecule has 2 aliphatic heterocycles. The second-order valence-corrected chi connectivity index (χ2v) is 15.8. The van der Waals surface area contributed by atoms with Crippen LogP contribution in [0.2, 0.25) is 0 Å². The van der Waals surface area contributed by atoms with E-state index in [9.17, 15) is 9.59 Å². The van der Waals surface area contributed by atoms with Crippen molar-refractivity contribution >= 4 is 104 Å². The van der Waals surface area contributed by atoms with Crippen LogP contribution < -0.4 is 0 Å². The zero-order valence-corrected chi connectivity index (χ0v) is 22.6. The molecule has 0 aliphatic carbocycles. The maximum atomic E-state index is 11.3. The van der Waals surface area contributed by atoms with Gasteiger partial charge in [0.15, 0.2) is 0 Å². The summed E-state index contributed by atoms with van der Waals surface area (Å²) in [6.07, 6.45) is 2.76. The third kappa shape index (κ3) is 11.0. The summed E-state index contributed by atoms with van der Waals surface area (Å²) in [5.74, 6) is 4.95. The lowest BCUT2D eigenvalue weighted by atomic mass is 10.6. The van der Waals surface area contributed by atoms with E-state index in [4.69, 9.17) is 0 Å². The second-order valence-electron chi connectivity index (χ2n) is 5.84. The Labute approximate surface area is 208 Å². The summed E-state index contributed by atoms with van der Waals surface area (Å²) < 4.78 is 1.13. The molecule has 0 bridgehead atoms. The van der Waals surface area contributed by atoms with Gasteiger partial charge in [-0.3, -0.25) is 9.59 Å². The van der Waals surface area contributed by atoms with E-state index in [0.717, 1.165) is 28.8 Å². The minimum atomic E-state index is 0.0462. The molecule has 2 heterocycles. The maximum Gasteiger partial charge on any atom is 0.211 e. The van der Waals surface area contributed by atoms with Crippen molar-refractivity contribution in [3.63, 3.8) is 0 Å². The Balaban J connectivity index is 1.50. The van der Waals surface area contributed by atoms with Crippen LogP contribution in [0.25, 0.3) is 0 Å².